The molecule has 0 spiro atoms. The average molecular weight is 447 g/mol. The zero-order valence-electron chi connectivity index (χ0n) is 20.2. The van der Waals surface area contributed by atoms with E-state index >= 15 is 0 Å². The van der Waals surface area contributed by atoms with Crippen molar-refractivity contribution in [1.29, 1.82) is 0 Å². The summed E-state index contributed by atoms with van der Waals surface area (Å²) in [6, 6.07) is 0. The molecule has 0 bridgehead atoms. The van der Waals surface area contributed by atoms with Gasteiger partial charge >= 0.3 is 5.76 Å². The van der Waals surface area contributed by atoms with Crippen LogP contribution in [0.25, 0.3) is 0 Å². The Balaban J connectivity index is 1.42. The van der Waals surface area contributed by atoms with E-state index in [2.05, 4.69) is 37.8 Å². The van der Waals surface area contributed by atoms with E-state index in [1.807, 2.05) is 0 Å². The molecule has 6 nitrogen and oxygen atoms in total. The average Bonchev–Trinajstić information content (AvgIpc) is 3.32. The predicted octanol–water partition coefficient (Wildman–Crippen LogP) is 4.17. The molecule has 180 valence electrons. The Kier molecular flexibility index (Phi) is 5.64. The molecule has 4 unspecified atom stereocenters. The van der Waals surface area contributed by atoms with Crippen LogP contribution in [0.3, 0.4) is 0 Å². The SMILES string of the molecule is CC[C@H]1C(O)C2C3CC[C@H]([C@H](C)Cc4noc(=O)[nH]4)[C@@]3(C)CCC2[C@@]2(C)CC[C@@H](O)C[C@@H]12. The fourth-order valence-corrected chi connectivity index (χ4v) is 9.73. The predicted molar refractivity (Wildman–Crippen MR) is 122 cm³/mol. The van der Waals surface area contributed by atoms with Gasteiger partial charge in [0, 0.05) is 6.42 Å². The lowest BCUT2D eigenvalue weighted by molar-refractivity contribution is -0.203. The lowest BCUT2D eigenvalue weighted by atomic mass is 9.41. The van der Waals surface area contributed by atoms with E-state index in [1.54, 1.807) is 0 Å². The van der Waals surface area contributed by atoms with Gasteiger partial charge in [0.25, 0.3) is 0 Å². The summed E-state index contributed by atoms with van der Waals surface area (Å²) < 4.78 is 4.73. The molecule has 5 rings (SSSR count). The Morgan fingerprint density at radius 3 is 2.50 bits per heavy atom. The number of nitrogens with zero attached hydrogens (tertiary/aromatic N) is 1. The minimum absolute atomic E-state index is 0.195. The van der Waals surface area contributed by atoms with E-state index in [4.69, 9.17) is 4.52 Å². The van der Waals surface area contributed by atoms with E-state index in [1.165, 1.54) is 25.7 Å². The molecule has 4 fully saturated rings. The van der Waals surface area contributed by atoms with Crippen LogP contribution in [0, 0.1) is 52.3 Å². The zero-order chi connectivity index (χ0) is 22.8. The Bertz CT molecular complexity index is 881. The number of rotatable bonds is 4. The zero-order valence-corrected chi connectivity index (χ0v) is 20.2. The molecule has 1 aromatic rings. The first kappa shape index (κ1) is 22.6. The third kappa shape index (κ3) is 3.26. The monoisotopic (exact) mass is 446 g/mol. The molecule has 4 aliphatic rings. The molecular formula is C26H42N2O4. The Morgan fingerprint density at radius 2 is 1.81 bits per heavy atom. The van der Waals surface area contributed by atoms with Crippen molar-refractivity contribution in [3.63, 3.8) is 0 Å². The summed E-state index contributed by atoms with van der Waals surface area (Å²) in [5, 5.41) is 26.1. The maximum atomic E-state index is 11.8. The Labute approximate surface area is 191 Å². The van der Waals surface area contributed by atoms with Gasteiger partial charge in [-0.15, -0.1) is 0 Å². The van der Waals surface area contributed by atoms with Crippen LogP contribution in [0.4, 0.5) is 0 Å². The van der Waals surface area contributed by atoms with Gasteiger partial charge in [-0.05, 0) is 97.2 Å². The van der Waals surface area contributed by atoms with Gasteiger partial charge in [0.15, 0.2) is 5.82 Å². The van der Waals surface area contributed by atoms with Crippen molar-refractivity contribution in [2.45, 2.75) is 97.7 Å². The van der Waals surface area contributed by atoms with Crippen LogP contribution in [-0.4, -0.2) is 32.6 Å². The summed E-state index contributed by atoms with van der Waals surface area (Å²) in [4.78, 5) is 14.1. The minimum Gasteiger partial charge on any atom is -0.393 e. The number of aliphatic hydroxyl groups is 2. The number of fused-ring (bicyclic) bond motifs is 5. The van der Waals surface area contributed by atoms with E-state index in [0.717, 1.165) is 32.1 Å². The third-order valence-electron chi connectivity index (χ3n) is 11.2. The topological polar surface area (TPSA) is 99.4 Å². The minimum atomic E-state index is -0.473. The summed E-state index contributed by atoms with van der Waals surface area (Å²) in [6.45, 7) is 9.51. The van der Waals surface area contributed by atoms with Gasteiger partial charge in [0.05, 0.1) is 12.2 Å². The number of nitrogens with one attached hydrogen (secondary N) is 1. The Morgan fingerprint density at radius 1 is 1.09 bits per heavy atom. The molecule has 0 saturated heterocycles. The highest BCUT2D eigenvalue weighted by Gasteiger charge is 2.64. The molecule has 3 N–H and O–H groups in total. The molecule has 0 aliphatic heterocycles. The van der Waals surface area contributed by atoms with Gasteiger partial charge < -0.3 is 10.2 Å². The van der Waals surface area contributed by atoms with Crippen molar-refractivity contribution in [3.8, 4) is 0 Å². The van der Waals surface area contributed by atoms with Crippen LogP contribution < -0.4 is 5.76 Å². The maximum Gasteiger partial charge on any atom is 0.438 e. The van der Waals surface area contributed by atoms with Gasteiger partial charge in [-0.25, -0.2) is 4.79 Å². The fraction of sp³-hybridized carbons (Fsp3) is 0.923. The maximum absolute atomic E-state index is 11.8. The summed E-state index contributed by atoms with van der Waals surface area (Å²) in [7, 11) is 0. The van der Waals surface area contributed by atoms with Crippen molar-refractivity contribution in [2.24, 2.45) is 52.3 Å². The molecule has 11 atom stereocenters. The molecule has 4 saturated carbocycles. The largest absolute Gasteiger partial charge is 0.438 e. The van der Waals surface area contributed by atoms with Gasteiger partial charge in [-0.1, -0.05) is 39.3 Å². The number of hydrogen-bond donors (Lipinski definition) is 3. The van der Waals surface area contributed by atoms with Crippen LogP contribution in [0.2, 0.25) is 0 Å². The Hall–Kier alpha value is -1.14. The van der Waals surface area contributed by atoms with Gasteiger partial charge in [-0.3, -0.25) is 9.51 Å². The number of aliphatic hydroxyl groups excluding tert-OH is 2. The van der Waals surface area contributed by atoms with Crippen LogP contribution >= 0.6 is 0 Å². The first-order valence-corrected chi connectivity index (χ1v) is 13.1. The van der Waals surface area contributed by atoms with E-state index < -0.39 is 5.76 Å². The highest BCUT2D eigenvalue weighted by atomic mass is 16.5. The van der Waals surface area contributed by atoms with Gasteiger partial charge in [0.1, 0.15) is 0 Å². The highest BCUT2D eigenvalue weighted by molar-refractivity contribution is 5.13. The first-order valence-electron chi connectivity index (χ1n) is 13.1. The molecule has 1 aromatic heterocycles. The molecule has 0 amide bonds. The summed E-state index contributed by atoms with van der Waals surface area (Å²) in [5.41, 5.74) is 0.469. The van der Waals surface area contributed by atoms with E-state index in [0.29, 0.717) is 47.2 Å². The highest BCUT2D eigenvalue weighted by Crippen LogP contribution is 2.69. The second-order valence-corrected chi connectivity index (χ2v) is 12.3. The summed E-state index contributed by atoms with van der Waals surface area (Å²) in [5.74, 6) is 3.41. The molecular weight excluding hydrogens is 404 g/mol. The number of H-pyrrole nitrogens is 1. The van der Waals surface area contributed by atoms with Crippen molar-refractivity contribution >= 4 is 0 Å². The lowest BCUT2D eigenvalue weighted by Crippen LogP contribution is -2.62. The molecule has 0 aromatic carbocycles. The van der Waals surface area contributed by atoms with Crippen molar-refractivity contribution in [3.05, 3.63) is 16.4 Å². The number of aromatic nitrogens is 2. The third-order valence-corrected chi connectivity index (χ3v) is 11.2. The normalized spacial score (nSPS) is 49.2. The van der Waals surface area contributed by atoms with Crippen molar-refractivity contribution in [2.75, 3.05) is 0 Å². The molecule has 1 heterocycles. The second kappa shape index (κ2) is 7.97. The summed E-state index contributed by atoms with van der Waals surface area (Å²) in [6.07, 6.45) is 8.98. The lowest BCUT2D eigenvalue weighted by Gasteiger charge is -2.64. The first-order chi connectivity index (χ1) is 15.2. The fourth-order valence-electron chi connectivity index (χ4n) is 9.73. The quantitative estimate of drug-likeness (QED) is 0.645. The van der Waals surface area contributed by atoms with E-state index in [-0.39, 0.29) is 23.0 Å². The number of hydrogen-bond acceptors (Lipinski definition) is 5. The standard InChI is InChI=1S/C26H42N2O4/c1-5-16-20-13-15(29)8-10-26(20,4)19-9-11-25(3)17(6-7-18(25)22(19)23(16)30)14(2)12-21-27-24(31)32-28-21/h14-20,22-23,29-30H,5-13H2,1-4H3,(H,27,28,31)/t14-,15-,16-,17-,18?,19?,20+,22?,23?,25-,26-/m1/s1. The molecule has 32 heavy (non-hydrogen) atoms. The number of aromatic amines is 1. The van der Waals surface area contributed by atoms with Crippen LogP contribution in [-0.2, 0) is 6.42 Å². The van der Waals surface area contributed by atoms with Crippen LogP contribution in [0.5, 0.6) is 0 Å². The molecule has 4 aliphatic carbocycles. The molecule has 6 heteroatoms. The van der Waals surface area contributed by atoms with Gasteiger partial charge in [0.2, 0.25) is 0 Å². The second-order valence-electron chi connectivity index (χ2n) is 12.3. The molecule has 0 radical (unpaired) electrons. The van der Waals surface area contributed by atoms with Gasteiger partial charge in [-0.2, -0.15) is 0 Å². The van der Waals surface area contributed by atoms with Crippen molar-refractivity contribution in [1.82, 2.24) is 10.1 Å². The van der Waals surface area contributed by atoms with Crippen LogP contribution in [0.15, 0.2) is 9.32 Å². The summed E-state index contributed by atoms with van der Waals surface area (Å²) >= 11 is 0. The van der Waals surface area contributed by atoms with Crippen LogP contribution in [0.1, 0.15) is 84.9 Å². The van der Waals surface area contributed by atoms with Crippen molar-refractivity contribution < 1.29 is 14.7 Å². The van der Waals surface area contributed by atoms with E-state index in [9.17, 15) is 15.0 Å². The smallest absolute Gasteiger partial charge is 0.393 e.